The van der Waals surface area contributed by atoms with Crippen LogP contribution in [0.1, 0.15) is 27.7 Å². The van der Waals surface area contributed by atoms with Gasteiger partial charge in [0.1, 0.15) is 26.8 Å². The van der Waals surface area contributed by atoms with Gasteiger partial charge >= 0.3 is 0 Å². The molecule has 120 valence electrons. The fourth-order valence-corrected chi connectivity index (χ4v) is 6.68. The smallest absolute Gasteiger partial charge is 0.0620 e. The van der Waals surface area contributed by atoms with E-state index in [1.165, 1.54) is 13.3 Å². The second kappa shape index (κ2) is 9.76. The average Bonchev–Trinajstić information content (AvgIpc) is 2.50. The molecule has 2 aromatic carbocycles. The van der Waals surface area contributed by atoms with E-state index >= 15 is 0 Å². The summed E-state index contributed by atoms with van der Waals surface area (Å²) in [5, 5.41) is 1.49. The molecule has 22 heavy (non-hydrogen) atoms. The van der Waals surface area contributed by atoms with E-state index in [1.807, 2.05) is 18.2 Å². The molecule has 0 spiro atoms. The van der Waals surface area contributed by atoms with Crippen molar-refractivity contribution >= 4 is 65.3 Å². The van der Waals surface area contributed by atoms with Gasteiger partial charge in [-0.3, -0.25) is 0 Å². The largest absolute Gasteiger partial charge is 0.145 e. The van der Waals surface area contributed by atoms with E-state index < -0.39 is 5.96 Å². The van der Waals surface area contributed by atoms with Crippen LogP contribution in [0.2, 0.25) is 0 Å². The van der Waals surface area contributed by atoms with E-state index in [4.69, 9.17) is 0 Å². The van der Waals surface area contributed by atoms with Crippen molar-refractivity contribution in [2.45, 2.75) is 39.0 Å². The molecule has 0 atom stereocenters. The zero-order chi connectivity index (χ0) is 16.8. The molecule has 0 bridgehead atoms. The first-order valence-electron chi connectivity index (χ1n) is 7.33. The Kier molecular flexibility index (Phi) is 9.14. The van der Waals surface area contributed by atoms with Gasteiger partial charge in [-0.2, -0.15) is 0 Å². The highest BCUT2D eigenvalue weighted by Crippen LogP contribution is 2.72. The monoisotopic (exact) mass is 555 g/mol. The van der Waals surface area contributed by atoms with Crippen molar-refractivity contribution in [1.82, 2.24) is 0 Å². The summed E-state index contributed by atoms with van der Waals surface area (Å²) in [6.45, 7) is 9.26. The fourth-order valence-electron chi connectivity index (χ4n) is 2.29. The molecule has 2 rings (SSSR count). The van der Waals surface area contributed by atoms with Crippen LogP contribution in [0.3, 0.4) is 0 Å². The molecule has 0 saturated heterocycles. The zero-order valence-electron chi connectivity index (χ0n) is 13.4. The van der Waals surface area contributed by atoms with E-state index in [-0.39, 0.29) is 0 Å². The third kappa shape index (κ3) is 5.58. The van der Waals surface area contributed by atoms with Gasteiger partial charge in [-0.1, -0.05) is 30.3 Å². The number of hydrogen-bond donors (Lipinski definition) is 0. The molecular formula is C18H23Br2IP+. The highest BCUT2D eigenvalue weighted by atomic mass is 127. The lowest BCUT2D eigenvalue weighted by molar-refractivity contribution is 1.02. The first-order valence-corrected chi connectivity index (χ1v) is 13.2. The van der Waals surface area contributed by atoms with Crippen molar-refractivity contribution in [3.8, 4) is 0 Å². The van der Waals surface area contributed by atoms with Gasteiger partial charge in [-0.25, -0.2) is 0 Å². The van der Waals surface area contributed by atoms with Crippen molar-refractivity contribution in [3.63, 3.8) is 0 Å². The third-order valence-electron chi connectivity index (χ3n) is 3.48. The molecule has 0 amide bonds. The Morgan fingerprint density at radius 2 is 1.27 bits per heavy atom. The summed E-state index contributed by atoms with van der Waals surface area (Å²) < 4.78 is 2.42. The van der Waals surface area contributed by atoms with Crippen molar-refractivity contribution in [3.05, 3.63) is 62.6 Å². The highest BCUT2D eigenvalue weighted by molar-refractivity contribution is 14.1. The second-order valence-corrected chi connectivity index (χ2v) is 15.1. The van der Waals surface area contributed by atoms with Gasteiger partial charge < -0.3 is 0 Å². The maximum Gasteiger partial charge on any atom is 0.145 e. The van der Waals surface area contributed by atoms with Crippen LogP contribution < -0.4 is 5.30 Å². The van der Waals surface area contributed by atoms with E-state index in [0.717, 1.165) is 0 Å². The van der Waals surface area contributed by atoms with Gasteiger partial charge in [0.25, 0.3) is 0 Å². The minimum atomic E-state index is -1.15. The summed E-state index contributed by atoms with van der Waals surface area (Å²) in [5.74, 6) is -1.15. The van der Waals surface area contributed by atoms with E-state index in [9.17, 15) is 0 Å². The summed E-state index contributed by atoms with van der Waals surface area (Å²) in [6, 6.07) is 19.0. The van der Waals surface area contributed by atoms with Crippen LogP contribution in [0.15, 0.2) is 59.1 Å². The molecule has 0 saturated carbocycles. The molecule has 0 unspecified atom stereocenters. The number of halogens is 3. The Morgan fingerprint density at radius 3 is 1.64 bits per heavy atom. The summed E-state index contributed by atoms with van der Waals surface area (Å²) >= 11 is 9.70. The Labute approximate surface area is 165 Å². The van der Waals surface area contributed by atoms with Crippen LogP contribution in [0, 0.1) is 3.57 Å². The SMILES string of the molecule is Brc1ccccc1I.CC(C)[P+](Br)(c1ccccc1)C(C)C. The summed E-state index contributed by atoms with van der Waals surface area (Å²) in [6.07, 6.45) is 0. The molecule has 0 N–H and O–H groups in total. The lowest BCUT2D eigenvalue weighted by atomic mass is 10.4. The third-order valence-corrected chi connectivity index (χ3v) is 16.1. The standard InChI is InChI=1S/C12H19BrP.C6H4BrI/c1-10(2)14(13,11(3)4)12-8-6-5-7-9-12;7-5-3-1-2-4-6(5)8/h5-11H,1-4H3;1-4H/q+1;. The number of hydrogen-bond acceptors (Lipinski definition) is 0. The predicted molar refractivity (Wildman–Crippen MR) is 119 cm³/mol. The minimum absolute atomic E-state index is 0.699. The van der Waals surface area contributed by atoms with Crippen LogP contribution in [0.5, 0.6) is 0 Å². The van der Waals surface area contributed by atoms with Gasteiger partial charge in [0.15, 0.2) is 0 Å². The van der Waals surface area contributed by atoms with Crippen LogP contribution in [-0.2, 0) is 0 Å². The van der Waals surface area contributed by atoms with Gasteiger partial charge in [0, 0.05) is 8.04 Å². The molecule has 0 aliphatic carbocycles. The van der Waals surface area contributed by atoms with Crippen LogP contribution in [0.4, 0.5) is 0 Å². The molecule has 0 aliphatic rings. The van der Waals surface area contributed by atoms with E-state index in [0.29, 0.717) is 11.3 Å². The first kappa shape index (κ1) is 20.6. The normalized spacial score (nSPS) is 11.3. The Bertz CT molecular complexity index is 541. The molecule has 0 aliphatic heterocycles. The van der Waals surface area contributed by atoms with E-state index in [2.05, 4.69) is 118 Å². The Morgan fingerprint density at radius 1 is 0.818 bits per heavy atom. The number of benzene rings is 2. The Hall–Kier alpha value is 0.560. The predicted octanol–water partition coefficient (Wildman–Crippen LogP) is 7.51. The van der Waals surface area contributed by atoms with Gasteiger partial charge in [-0.05, 0) is 90.5 Å². The van der Waals surface area contributed by atoms with Crippen molar-refractivity contribution in [1.29, 1.82) is 0 Å². The first-order chi connectivity index (χ1) is 10.3. The van der Waals surface area contributed by atoms with Gasteiger partial charge in [0.2, 0.25) is 0 Å². The van der Waals surface area contributed by atoms with Gasteiger partial charge in [0.05, 0.1) is 11.3 Å². The maximum absolute atomic E-state index is 4.03. The highest BCUT2D eigenvalue weighted by Gasteiger charge is 2.44. The molecule has 0 fully saturated rings. The lowest BCUT2D eigenvalue weighted by Crippen LogP contribution is -2.21. The van der Waals surface area contributed by atoms with Crippen molar-refractivity contribution in [2.24, 2.45) is 0 Å². The van der Waals surface area contributed by atoms with Crippen LogP contribution in [-0.4, -0.2) is 11.3 Å². The molecule has 0 heterocycles. The summed E-state index contributed by atoms with van der Waals surface area (Å²) in [4.78, 5) is 0. The van der Waals surface area contributed by atoms with Crippen molar-refractivity contribution < 1.29 is 0 Å². The Balaban J connectivity index is 0.000000255. The lowest BCUT2D eigenvalue weighted by Gasteiger charge is -2.27. The summed E-state index contributed by atoms with van der Waals surface area (Å²) in [5.41, 5.74) is 1.40. The molecule has 4 heteroatoms. The summed E-state index contributed by atoms with van der Waals surface area (Å²) in [7, 11) is 0. The molecule has 2 aromatic rings. The van der Waals surface area contributed by atoms with Gasteiger partial charge in [-0.15, -0.1) is 0 Å². The minimum Gasteiger partial charge on any atom is -0.0620 e. The fraction of sp³-hybridized carbons (Fsp3) is 0.333. The average molecular weight is 557 g/mol. The zero-order valence-corrected chi connectivity index (χ0v) is 19.7. The van der Waals surface area contributed by atoms with Crippen LogP contribution >= 0.6 is 60.0 Å². The second-order valence-electron chi connectivity index (χ2n) is 5.62. The molecule has 0 radical (unpaired) electrons. The molecular weight excluding hydrogens is 534 g/mol. The quantitative estimate of drug-likeness (QED) is 0.271. The maximum atomic E-state index is 4.03. The van der Waals surface area contributed by atoms with E-state index in [1.54, 1.807) is 0 Å². The van der Waals surface area contributed by atoms with Crippen LogP contribution in [0.25, 0.3) is 0 Å². The molecule has 0 aromatic heterocycles. The molecule has 0 nitrogen and oxygen atoms in total. The topological polar surface area (TPSA) is 0 Å². The van der Waals surface area contributed by atoms with Crippen molar-refractivity contribution in [2.75, 3.05) is 0 Å². The number of rotatable bonds is 3.